The Hall–Kier alpha value is -3.92. The van der Waals surface area contributed by atoms with Crippen molar-refractivity contribution >= 4 is 0 Å². The summed E-state index contributed by atoms with van der Waals surface area (Å²) in [4.78, 5) is 38.2. The summed E-state index contributed by atoms with van der Waals surface area (Å²) in [5, 5.41) is 0. The lowest BCUT2D eigenvalue weighted by Gasteiger charge is -2.07. The molecule has 55 heavy (non-hydrogen) atoms. The molecule has 5 aromatic heterocycles. The number of nitrogens with one attached hydrogen (secondary N) is 1. The number of aromatic amines is 1. The average Bonchev–Trinajstić information content (AvgIpc) is 3.18. The minimum Gasteiger partial charge on any atom is -1.00 e. The normalized spacial score (nSPS) is 9.85. The second kappa shape index (κ2) is 27.6. The lowest BCUT2D eigenvalue weighted by molar-refractivity contribution is -0.0000124. The van der Waals surface area contributed by atoms with E-state index in [1.54, 1.807) is 10.8 Å². The highest BCUT2D eigenvalue weighted by Crippen LogP contribution is 2.09. The van der Waals surface area contributed by atoms with Crippen LogP contribution in [-0.4, -0.2) is 24.5 Å². The molecule has 0 fully saturated rings. The topological polar surface area (TPSA) is 93.5 Å². The van der Waals surface area contributed by atoms with Crippen molar-refractivity contribution in [3.8, 4) is 0 Å². The van der Waals surface area contributed by atoms with E-state index in [0.717, 1.165) is 74.0 Å². The number of pyridine rings is 5. The summed E-state index contributed by atoms with van der Waals surface area (Å²) >= 11 is 0. The summed E-state index contributed by atoms with van der Waals surface area (Å²) in [5.41, 5.74) is 15.8. The molecule has 302 valence electrons. The molecule has 0 aliphatic heterocycles. The SMILES string of the molecule is CCc1c[nH]c(=O)c(CC)c1.CCc1cc(C)cnc1C.CCc1cc(CC)c(=O)n(CC)c1.CCc1cnc(C)c(CC)c1.Cc1cnc(C)c(C)c1.[I-]. The third kappa shape index (κ3) is 18.1. The lowest BCUT2D eigenvalue weighted by Crippen LogP contribution is -3.00. The summed E-state index contributed by atoms with van der Waals surface area (Å²) in [6, 6.07) is 10.6. The van der Waals surface area contributed by atoms with Gasteiger partial charge in [0, 0.05) is 65.7 Å². The Bertz CT molecular complexity index is 1950. The van der Waals surface area contributed by atoms with E-state index in [0.29, 0.717) is 0 Å². The molecule has 0 unspecified atom stereocenters. The minimum atomic E-state index is 0. The van der Waals surface area contributed by atoms with Gasteiger partial charge in [-0.3, -0.25) is 24.5 Å². The molecule has 1 N–H and O–H groups in total. The number of aryl methyl sites for hydroxylation is 14. The Morgan fingerprint density at radius 2 is 0.964 bits per heavy atom. The van der Waals surface area contributed by atoms with Crippen LogP contribution < -0.4 is 35.1 Å². The lowest BCUT2D eigenvalue weighted by atomic mass is 10.1. The molecule has 0 aromatic carbocycles. The molecule has 0 atom stereocenters. The third-order valence-electron chi connectivity index (χ3n) is 9.40. The van der Waals surface area contributed by atoms with Crippen molar-refractivity contribution in [1.29, 1.82) is 0 Å². The molecule has 8 heteroatoms. The largest absolute Gasteiger partial charge is 1.00 e. The second-order valence-corrected chi connectivity index (χ2v) is 13.6. The zero-order valence-corrected chi connectivity index (χ0v) is 38.6. The molecule has 0 bridgehead atoms. The van der Waals surface area contributed by atoms with E-state index in [1.165, 1.54) is 50.2 Å². The van der Waals surface area contributed by atoms with Crippen molar-refractivity contribution in [2.45, 2.75) is 148 Å². The maximum absolute atomic E-state index is 11.7. The molecule has 0 saturated carbocycles. The zero-order valence-electron chi connectivity index (χ0n) is 36.4. The van der Waals surface area contributed by atoms with Gasteiger partial charge in [0.25, 0.3) is 11.1 Å². The quantitative estimate of drug-likeness (QED) is 0.166. The van der Waals surface area contributed by atoms with E-state index in [-0.39, 0.29) is 35.1 Å². The highest BCUT2D eigenvalue weighted by atomic mass is 127. The van der Waals surface area contributed by atoms with Crippen molar-refractivity contribution in [2.24, 2.45) is 0 Å². The van der Waals surface area contributed by atoms with Crippen molar-refractivity contribution in [3.05, 3.63) is 155 Å². The van der Waals surface area contributed by atoms with E-state index in [4.69, 9.17) is 0 Å². The van der Waals surface area contributed by atoms with Crippen LogP contribution in [-0.2, 0) is 51.5 Å². The van der Waals surface area contributed by atoms with Gasteiger partial charge in [0.2, 0.25) is 0 Å². The van der Waals surface area contributed by atoms with Crippen LogP contribution in [0.4, 0.5) is 0 Å². The van der Waals surface area contributed by atoms with Crippen molar-refractivity contribution < 1.29 is 24.0 Å². The smallest absolute Gasteiger partial charge is 0.253 e. The number of hydrogen-bond acceptors (Lipinski definition) is 5. The van der Waals surface area contributed by atoms with Crippen LogP contribution in [0, 0.1) is 41.5 Å². The standard InChI is InChI=1S/C11H17NO.C10H15N.C9H13NO.C9H13N.C8H11N.HI/c1-4-9-7-10(5-2)11(13)12(6-3)8-9;1-4-9-6-10(5-2)8(3)11-7-9;1-3-7-5-8(4-2)9(11)10-6-7;1-4-9-5-7(2)6-10-8(9)3;1-6-4-7(2)8(3)9-5-6;/h7-8H,4-6H2,1-3H3;6-7H,4-5H2,1-3H3;5-6H,3-4H2,1-2H3,(H,10,11);5-6H,4H2,1-3H3;4-5H,1-3H3;1H/p-1. The first-order chi connectivity index (χ1) is 25.7. The Kier molecular flexibility index (Phi) is 25.7. The predicted octanol–water partition coefficient (Wildman–Crippen LogP) is 7.28. The number of nitrogens with zero attached hydrogens (tertiary/aromatic N) is 4. The van der Waals surface area contributed by atoms with Crippen LogP contribution in [0.25, 0.3) is 0 Å². The van der Waals surface area contributed by atoms with Crippen molar-refractivity contribution in [3.63, 3.8) is 0 Å². The van der Waals surface area contributed by atoms with Crippen molar-refractivity contribution in [2.75, 3.05) is 0 Å². The molecule has 0 saturated heterocycles. The van der Waals surface area contributed by atoms with E-state index in [9.17, 15) is 9.59 Å². The van der Waals surface area contributed by atoms with Gasteiger partial charge < -0.3 is 33.5 Å². The average molecular weight is 863 g/mol. The number of halogens is 1. The van der Waals surface area contributed by atoms with Crippen LogP contribution in [0.15, 0.2) is 70.9 Å². The van der Waals surface area contributed by atoms with Gasteiger partial charge in [0.15, 0.2) is 0 Å². The Balaban J connectivity index is 0.000000663. The molecule has 0 aliphatic rings. The molecule has 0 spiro atoms. The van der Waals surface area contributed by atoms with E-state index in [1.807, 2.05) is 64.6 Å². The monoisotopic (exact) mass is 862 g/mol. The van der Waals surface area contributed by atoms with Crippen LogP contribution in [0.1, 0.15) is 128 Å². The Morgan fingerprint density at radius 1 is 0.509 bits per heavy atom. The number of rotatable bonds is 8. The summed E-state index contributed by atoms with van der Waals surface area (Å²) in [5.74, 6) is 0. The number of hydrogen-bond donors (Lipinski definition) is 1. The fraction of sp³-hybridized carbons (Fsp3) is 0.468. The van der Waals surface area contributed by atoms with Gasteiger partial charge in [-0.05, 0) is 150 Å². The van der Waals surface area contributed by atoms with Crippen LogP contribution in [0.3, 0.4) is 0 Å². The first kappa shape index (κ1) is 51.1. The van der Waals surface area contributed by atoms with Gasteiger partial charge in [0.05, 0.1) is 0 Å². The van der Waals surface area contributed by atoms with Crippen LogP contribution >= 0.6 is 0 Å². The molecule has 0 aliphatic carbocycles. The summed E-state index contributed by atoms with van der Waals surface area (Å²) in [6.45, 7) is 29.8. The summed E-state index contributed by atoms with van der Waals surface area (Å²) in [6.07, 6.45) is 16.4. The maximum Gasteiger partial charge on any atom is 0.253 e. The molecule has 0 radical (unpaired) electrons. The van der Waals surface area contributed by atoms with Gasteiger partial charge in [0.1, 0.15) is 0 Å². The molecule has 7 nitrogen and oxygen atoms in total. The molecular formula is C47H69IN5O2-. The van der Waals surface area contributed by atoms with E-state index in [2.05, 4.69) is 107 Å². The van der Waals surface area contributed by atoms with E-state index < -0.39 is 0 Å². The van der Waals surface area contributed by atoms with Crippen LogP contribution in [0.2, 0.25) is 0 Å². The fourth-order valence-corrected chi connectivity index (χ4v) is 5.52. The molecular weight excluding hydrogens is 793 g/mol. The zero-order chi connectivity index (χ0) is 40.8. The predicted molar refractivity (Wildman–Crippen MR) is 230 cm³/mol. The highest BCUT2D eigenvalue weighted by molar-refractivity contribution is 5.25. The minimum absolute atomic E-state index is 0. The number of aromatic nitrogens is 5. The highest BCUT2D eigenvalue weighted by Gasteiger charge is 2.03. The maximum atomic E-state index is 11.7. The number of H-pyrrole nitrogens is 1. The fourth-order valence-electron chi connectivity index (χ4n) is 5.52. The van der Waals surface area contributed by atoms with E-state index >= 15 is 0 Å². The van der Waals surface area contributed by atoms with Gasteiger partial charge >= 0.3 is 0 Å². The second-order valence-electron chi connectivity index (χ2n) is 13.6. The van der Waals surface area contributed by atoms with Gasteiger partial charge in [-0.2, -0.15) is 0 Å². The summed E-state index contributed by atoms with van der Waals surface area (Å²) in [7, 11) is 0. The molecule has 5 aromatic rings. The van der Waals surface area contributed by atoms with Gasteiger partial charge in [-0.15, -0.1) is 0 Å². The molecule has 5 rings (SSSR count). The Morgan fingerprint density at radius 3 is 1.42 bits per heavy atom. The van der Waals surface area contributed by atoms with Gasteiger partial charge in [-0.1, -0.05) is 66.7 Å². The summed E-state index contributed by atoms with van der Waals surface area (Å²) < 4.78 is 1.79. The van der Waals surface area contributed by atoms with Crippen molar-refractivity contribution in [1.82, 2.24) is 24.5 Å². The van der Waals surface area contributed by atoms with Crippen LogP contribution in [0.5, 0.6) is 0 Å². The first-order valence-corrected chi connectivity index (χ1v) is 19.9. The van der Waals surface area contributed by atoms with Gasteiger partial charge in [-0.25, -0.2) is 0 Å². The first-order valence-electron chi connectivity index (χ1n) is 19.9. The molecule has 0 amide bonds. The molecule has 5 heterocycles. The third-order valence-corrected chi connectivity index (χ3v) is 9.40. The Labute approximate surface area is 349 Å².